The molecule has 13 heteroatoms. The first kappa shape index (κ1) is 30.5. The largest absolute Gasteiger partial charge is 0.396 e. The van der Waals surface area contributed by atoms with Crippen LogP contribution < -0.4 is 0 Å². The van der Waals surface area contributed by atoms with Crippen LogP contribution in [0.25, 0.3) is 0 Å². The van der Waals surface area contributed by atoms with Crippen molar-refractivity contribution in [1.82, 2.24) is 0 Å². The summed E-state index contributed by atoms with van der Waals surface area (Å²) in [7, 11) is 1.13. The minimum absolute atomic E-state index is 0.442. The third kappa shape index (κ3) is 9.47. The normalized spacial score (nSPS) is 23.1. The van der Waals surface area contributed by atoms with Gasteiger partial charge in [-0.1, -0.05) is 13.8 Å². The van der Waals surface area contributed by atoms with Crippen molar-refractivity contribution >= 4 is 0 Å². The molecular formula is C18H38O13. The minimum atomic E-state index is -2.15. The first-order chi connectivity index (χ1) is 14.5. The van der Waals surface area contributed by atoms with Crippen LogP contribution in [0.5, 0.6) is 0 Å². The molecule has 0 aromatic carbocycles. The van der Waals surface area contributed by atoms with Crippen molar-refractivity contribution in [2.45, 2.75) is 69.2 Å². The van der Waals surface area contributed by atoms with E-state index in [1.807, 2.05) is 0 Å². The summed E-state index contributed by atoms with van der Waals surface area (Å²) in [5.41, 5.74) is 0. The van der Waals surface area contributed by atoms with Gasteiger partial charge in [0.25, 0.3) is 0 Å². The highest BCUT2D eigenvalue weighted by molar-refractivity contribution is 4.86. The molecule has 0 aliphatic heterocycles. The van der Waals surface area contributed by atoms with E-state index in [0.29, 0.717) is 0 Å². The molecular weight excluding hydrogens is 424 g/mol. The van der Waals surface area contributed by atoms with E-state index in [9.17, 15) is 40.9 Å². The number of methoxy groups -OCH3 is 1. The van der Waals surface area contributed by atoms with Gasteiger partial charge in [-0.2, -0.15) is 0 Å². The summed E-state index contributed by atoms with van der Waals surface area (Å²) in [5.74, 6) is -1.64. The molecule has 11 unspecified atom stereocenters. The van der Waals surface area contributed by atoms with Crippen molar-refractivity contribution in [3.05, 3.63) is 0 Å². The quantitative estimate of drug-likeness (QED) is 0.0915. The predicted octanol–water partition coefficient (Wildman–Crippen LogP) is -4.91. The first-order valence-corrected chi connectivity index (χ1v) is 9.85. The summed E-state index contributed by atoms with van der Waals surface area (Å²) in [6.07, 6.45) is -15.8. The van der Waals surface area contributed by atoms with Gasteiger partial charge in [0.2, 0.25) is 0 Å². The maximum atomic E-state index is 10.4. The first-order valence-electron chi connectivity index (χ1n) is 9.85. The number of ether oxygens (including phenoxy) is 3. The molecule has 0 saturated carbocycles. The van der Waals surface area contributed by atoms with Crippen LogP contribution in [-0.2, 0) is 14.2 Å². The molecule has 0 aliphatic rings. The topological polar surface area (TPSA) is 230 Å². The number of aliphatic hydroxyl groups is 10. The van der Waals surface area contributed by atoms with Gasteiger partial charge in [0.05, 0.1) is 25.4 Å². The Hall–Kier alpha value is -0.520. The van der Waals surface area contributed by atoms with Crippen LogP contribution in [0.3, 0.4) is 0 Å². The molecule has 0 saturated heterocycles. The Bertz CT molecular complexity index is 456. The number of aliphatic hydroxyl groups excluding tert-OH is 10. The van der Waals surface area contributed by atoms with Crippen LogP contribution in [0, 0.1) is 11.8 Å². The van der Waals surface area contributed by atoms with E-state index in [4.69, 9.17) is 24.4 Å². The molecule has 0 amide bonds. The van der Waals surface area contributed by atoms with Gasteiger partial charge >= 0.3 is 0 Å². The Morgan fingerprint density at radius 1 is 0.613 bits per heavy atom. The molecule has 0 aromatic heterocycles. The Labute approximate surface area is 180 Å². The Balaban J connectivity index is 5.45. The summed E-state index contributed by atoms with van der Waals surface area (Å²) in [4.78, 5) is 0. The van der Waals surface area contributed by atoms with E-state index in [1.54, 1.807) is 0 Å². The molecule has 13 nitrogen and oxygen atoms in total. The number of hydrogen-bond acceptors (Lipinski definition) is 13. The zero-order valence-electron chi connectivity index (χ0n) is 17.9. The lowest BCUT2D eigenvalue weighted by atomic mass is 9.95. The van der Waals surface area contributed by atoms with Gasteiger partial charge in [-0.15, -0.1) is 0 Å². The summed E-state index contributed by atoms with van der Waals surface area (Å²) < 4.78 is 14.9. The van der Waals surface area contributed by atoms with Crippen molar-refractivity contribution < 1.29 is 65.3 Å². The second-order valence-corrected chi connectivity index (χ2v) is 7.53. The fourth-order valence-electron chi connectivity index (χ4n) is 2.63. The molecule has 0 spiro atoms. The van der Waals surface area contributed by atoms with E-state index in [-0.39, 0.29) is 0 Å². The molecule has 0 aromatic rings. The van der Waals surface area contributed by atoms with E-state index < -0.39 is 93.6 Å². The third-order valence-corrected chi connectivity index (χ3v) is 4.91. The standard InChI is InChI=1S/C18H38O13/c1-8(4-19)11(23)15(29-3)13(25)18(28)31-16(12(24)9(2)5-20)14(26)17(27)30-7-10(22)6-21/h8-28H,4-7H2,1-3H3. The summed E-state index contributed by atoms with van der Waals surface area (Å²) in [6, 6.07) is 0. The molecule has 11 atom stereocenters. The lowest BCUT2D eigenvalue weighted by Gasteiger charge is -2.37. The van der Waals surface area contributed by atoms with E-state index >= 15 is 0 Å². The average Bonchev–Trinajstić information content (AvgIpc) is 2.78. The van der Waals surface area contributed by atoms with Gasteiger partial charge < -0.3 is 65.3 Å². The van der Waals surface area contributed by atoms with Crippen molar-refractivity contribution in [3.63, 3.8) is 0 Å². The molecule has 31 heavy (non-hydrogen) atoms. The molecule has 0 rings (SSSR count). The van der Waals surface area contributed by atoms with Gasteiger partial charge in [-0.3, -0.25) is 0 Å². The van der Waals surface area contributed by atoms with E-state index in [0.717, 1.165) is 7.11 Å². The second kappa shape index (κ2) is 15.3. The number of hydrogen-bond donors (Lipinski definition) is 10. The monoisotopic (exact) mass is 462 g/mol. The SMILES string of the molecule is COC(C(O)C(C)CO)C(O)C(O)OC(C(O)C(C)CO)C(O)C(O)OCC(O)CO. The second-order valence-electron chi connectivity index (χ2n) is 7.53. The fourth-order valence-corrected chi connectivity index (χ4v) is 2.63. The van der Waals surface area contributed by atoms with Crippen LogP contribution in [0.15, 0.2) is 0 Å². The Morgan fingerprint density at radius 2 is 1.06 bits per heavy atom. The van der Waals surface area contributed by atoms with Crippen LogP contribution in [0.2, 0.25) is 0 Å². The van der Waals surface area contributed by atoms with Gasteiger partial charge in [0, 0.05) is 32.2 Å². The van der Waals surface area contributed by atoms with Crippen LogP contribution in [0.4, 0.5) is 0 Å². The molecule has 0 bridgehead atoms. The van der Waals surface area contributed by atoms with Gasteiger partial charge in [0.1, 0.15) is 30.5 Å². The highest BCUT2D eigenvalue weighted by Crippen LogP contribution is 2.22. The van der Waals surface area contributed by atoms with Crippen molar-refractivity contribution in [2.75, 3.05) is 33.5 Å². The minimum Gasteiger partial charge on any atom is -0.396 e. The molecule has 0 aliphatic carbocycles. The highest BCUT2D eigenvalue weighted by atomic mass is 16.7. The summed E-state index contributed by atoms with van der Waals surface area (Å²) >= 11 is 0. The molecule has 0 fully saturated rings. The average molecular weight is 462 g/mol. The number of rotatable bonds is 17. The van der Waals surface area contributed by atoms with Crippen LogP contribution >= 0.6 is 0 Å². The van der Waals surface area contributed by atoms with Gasteiger partial charge in [-0.25, -0.2) is 0 Å². The van der Waals surface area contributed by atoms with Crippen LogP contribution in [0.1, 0.15) is 13.8 Å². The smallest absolute Gasteiger partial charge is 0.184 e. The summed E-state index contributed by atoms with van der Waals surface area (Å²) in [5, 5.41) is 98.0. The Kier molecular flexibility index (Phi) is 15.1. The van der Waals surface area contributed by atoms with Gasteiger partial charge in [-0.05, 0) is 0 Å². The zero-order chi connectivity index (χ0) is 24.3. The lowest BCUT2D eigenvalue weighted by molar-refractivity contribution is -0.282. The lowest BCUT2D eigenvalue weighted by Crippen LogP contribution is -2.55. The van der Waals surface area contributed by atoms with E-state index in [1.165, 1.54) is 13.8 Å². The summed E-state index contributed by atoms with van der Waals surface area (Å²) in [6.45, 7) is 0.594. The van der Waals surface area contributed by atoms with Crippen molar-refractivity contribution in [1.29, 1.82) is 0 Å². The molecule has 10 N–H and O–H groups in total. The van der Waals surface area contributed by atoms with E-state index in [2.05, 4.69) is 0 Å². The fraction of sp³-hybridized carbons (Fsp3) is 1.00. The van der Waals surface area contributed by atoms with Gasteiger partial charge in [0.15, 0.2) is 12.6 Å². The highest BCUT2D eigenvalue weighted by Gasteiger charge is 2.42. The van der Waals surface area contributed by atoms with Crippen LogP contribution in [-0.4, -0.2) is 140 Å². The predicted molar refractivity (Wildman–Crippen MR) is 103 cm³/mol. The maximum absolute atomic E-state index is 10.4. The Morgan fingerprint density at radius 3 is 1.48 bits per heavy atom. The third-order valence-electron chi connectivity index (χ3n) is 4.91. The zero-order valence-corrected chi connectivity index (χ0v) is 17.9. The molecule has 0 heterocycles. The van der Waals surface area contributed by atoms with Crippen molar-refractivity contribution in [2.24, 2.45) is 11.8 Å². The molecule has 188 valence electrons. The van der Waals surface area contributed by atoms with Crippen molar-refractivity contribution in [3.8, 4) is 0 Å². The molecule has 0 radical (unpaired) electrons. The maximum Gasteiger partial charge on any atom is 0.184 e.